The Bertz CT molecular complexity index is 955. The van der Waals surface area contributed by atoms with E-state index in [1.54, 1.807) is 32.0 Å². The Hall–Kier alpha value is -2.25. The minimum Gasteiger partial charge on any atom is -0.463 e. The normalized spacial score (nSPS) is 16.1. The summed E-state index contributed by atoms with van der Waals surface area (Å²) in [4.78, 5) is 32.7. The van der Waals surface area contributed by atoms with Gasteiger partial charge in [-0.05, 0) is 31.7 Å². The number of thioether (sulfide) groups is 1. The summed E-state index contributed by atoms with van der Waals surface area (Å²) in [7, 11) is 0. The van der Waals surface area contributed by atoms with E-state index in [9.17, 15) is 9.59 Å². The maximum absolute atomic E-state index is 12.8. The summed E-state index contributed by atoms with van der Waals surface area (Å²) in [6, 6.07) is 7.15. The zero-order chi connectivity index (χ0) is 18.8. The average Bonchev–Trinajstić information content (AvgIpc) is 2.60. The van der Waals surface area contributed by atoms with Crippen LogP contribution in [0.1, 0.15) is 30.9 Å². The van der Waals surface area contributed by atoms with Gasteiger partial charge in [-0.1, -0.05) is 41.6 Å². The van der Waals surface area contributed by atoms with Gasteiger partial charge in [0.15, 0.2) is 5.16 Å². The highest BCUT2D eigenvalue weighted by molar-refractivity contribution is 7.98. The second-order valence-corrected chi connectivity index (χ2v) is 6.88. The van der Waals surface area contributed by atoms with E-state index in [4.69, 9.17) is 16.3 Å². The monoisotopic (exact) mass is 391 g/mol. The minimum atomic E-state index is -0.661. The molecule has 0 bridgehead atoms. The molecule has 2 N–H and O–H groups in total. The third kappa shape index (κ3) is 3.24. The van der Waals surface area contributed by atoms with Gasteiger partial charge in [-0.3, -0.25) is 4.79 Å². The molecule has 0 saturated heterocycles. The molecule has 1 atom stereocenters. The van der Waals surface area contributed by atoms with Crippen molar-refractivity contribution in [2.45, 2.75) is 24.9 Å². The van der Waals surface area contributed by atoms with E-state index in [2.05, 4.69) is 15.3 Å². The fourth-order valence-corrected chi connectivity index (χ4v) is 3.65. The van der Waals surface area contributed by atoms with Crippen LogP contribution in [0.5, 0.6) is 0 Å². The fourth-order valence-electron chi connectivity index (χ4n) is 3.03. The van der Waals surface area contributed by atoms with Gasteiger partial charge >= 0.3 is 5.97 Å². The van der Waals surface area contributed by atoms with Crippen molar-refractivity contribution < 1.29 is 9.53 Å². The summed E-state index contributed by atoms with van der Waals surface area (Å²) in [5.74, 6) is -0.721. The molecule has 0 aliphatic carbocycles. The molecule has 2 heterocycles. The third-order valence-electron chi connectivity index (χ3n) is 4.13. The van der Waals surface area contributed by atoms with Crippen LogP contribution in [0.3, 0.4) is 0 Å². The Kier molecular flexibility index (Phi) is 5.38. The summed E-state index contributed by atoms with van der Waals surface area (Å²) in [5, 5.41) is 4.03. The van der Waals surface area contributed by atoms with Gasteiger partial charge in [0.25, 0.3) is 5.56 Å². The van der Waals surface area contributed by atoms with Gasteiger partial charge in [0.1, 0.15) is 5.82 Å². The molecule has 2 aromatic rings. The first-order valence-electron chi connectivity index (χ1n) is 8.05. The van der Waals surface area contributed by atoms with Crippen LogP contribution in [0.25, 0.3) is 0 Å². The van der Waals surface area contributed by atoms with E-state index >= 15 is 0 Å². The number of hydrogen-bond acceptors (Lipinski definition) is 6. The van der Waals surface area contributed by atoms with Crippen LogP contribution >= 0.6 is 23.4 Å². The molecule has 1 aliphatic heterocycles. The van der Waals surface area contributed by atoms with E-state index < -0.39 is 11.9 Å². The molecule has 0 fully saturated rings. The van der Waals surface area contributed by atoms with Crippen molar-refractivity contribution in [3.8, 4) is 0 Å². The number of esters is 1. The smallest absolute Gasteiger partial charge is 0.336 e. The highest BCUT2D eigenvalue weighted by Crippen LogP contribution is 2.42. The van der Waals surface area contributed by atoms with Gasteiger partial charge in [-0.2, -0.15) is 0 Å². The number of anilines is 1. The number of nitrogens with zero attached hydrogens (tertiary/aromatic N) is 1. The van der Waals surface area contributed by atoms with Crippen LogP contribution in [0.2, 0.25) is 5.02 Å². The van der Waals surface area contributed by atoms with Crippen LogP contribution in [-0.4, -0.2) is 28.8 Å². The van der Waals surface area contributed by atoms with Crippen molar-refractivity contribution in [1.82, 2.24) is 9.97 Å². The topological polar surface area (TPSA) is 84.1 Å². The van der Waals surface area contributed by atoms with Crippen molar-refractivity contribution in [3.63, 3.8) is 0 Å². The lowest BCUT2D eigenvalue weighted by molar-refractivity contribution is -0.138. The number of rotatable bonds is 4. The van der Waals surface area contributed by atoms with Crippen molar-refractivity contribution >= 4 is 35.1 Å². The number of nitrogens with one attached hydrogen (secondary N) is 2. The number of carbonyl (C=O) groups excluding carboxylic acids is 1. The number of allylic oxidation sites excluding steroid dienone is 1. The van der Waals surface area contributed by atoms with Crippen molar-refractivity contribution in [2.75, 3.05) is 18.2 Å². The number of fused-ring (bicyclic) bond motifs is 1. The number of aromatic nitrogens is 2. The zero-order valence-electron chi connectivity index (χ0n) is 14.6. The molecule has 0 saturated carbocycles. The Labute approximate surface area is 160 Å². The van der Waals surface area contributed by atoms with Gasteiger partial charge in [0.05, 0.1) is 23.7 Å². The van der Waals surface area contributed by atoms with Crippen LogP contribution < -0.4 is 10.9 Å². The molecule has 0 amide bonds. The summed E-state index contributed by atoms with van der Waals surface area (Å²) in [6.45, 7) is 3.74. The van der Waals surface area contributed by atoms with Gasteiger partial charge in [-0.15, -0.1) is 0 Å². The Morgan fingerprint density at radius 1 is 1.38 bits per heavy atom. The van der Waals surface area contributed by atoms with Crippen LogP contribution in [0.15, 0.2) is 45.5 Å². The first-order chi connectivity index (χ1) is 12.5. The molecule has 1 aliphatic rings. The highest BCUT2D eigenvalue weighted by atomic mass is 35.5. The average molecular weight is 392 g/mol. The first-order valence-corrected chi connectivity index (χ1v) is 9.65. The molecule has 136 valence electrons. The summed E-state index contributed by atoms with van der Waals surface area (Å²) >= 11 is 7.73. The number of halogens is 1. The van der Waals surface area contributed by atoms with Gasteiger partial charge in [0.2, 0.25) is 0 Å². The Morgan fingerprint density at radius 2 is 2.12 bits per heavy atom. The van der Waals surface area contributed by atoms with Gasteiger partial charge < -0.3 is 15.0 Å². The zero-order valence-corrected chi connectivity index (χ0v) is 16.1. The van der Waals surface area contributed by atoms with E-state index in [0.717, 1.165) is 0 Å². The Balaban J connectivity index is 2.29. The summed E-state index contributed by atoms with van der Waals surface area (Å²) in [5.41, 5.74) is 1.64. The lowest BCUT2D eigenvalue weighted by Gasteiger charge is -2.29. The largest absolute Gasteiger partial charge is 0.463 e. The van der Waals surface area contributed by atoms with Crippen molar-refractivity contribution in [1.29, 1.82) is 0 Å². The SMILES string of the molecule is CCOC(=O)C1=C(C)Nc2nc(SC)[nH]c(=O)c2C1c1ccccc1Cl. The summed E-state index contributed by atoms with van der Waals surface area (Å²) in [6.07, 6.45) is 1.83. The lowest BCUT2D eigenvalue weighted by Crippen LogP contribution is -2.31. The molecule has 1 aromatic heterocycles. The Morgan fingerprint density at radius 3 is 2.77 bits per heavy atom. The lowest BCUT2D eigenvalue weighted by atomic mass is 9.82. The maximum Gasteiger partial charge on any atom is 0.336 e. The predicted molar refractivity (Wildman–Crippen MR) is 103 cm³/mol. The van der Waals surface area contributed by atoms with Crippen LogP contribution in [-0.2, 0) is 9.53 Å². The number of H-pyrrole nitrogens is 1. The molecule has 26 heavy (non-hydrogen) atoms. The number of ether oxygens (including phenoxy) is 1. The van der Waals surface area contributed by atoms with E-state index in [-0.39, 0.29) is 12.2 Å². The van der Waals surface area contributed by atoms with Crippen molar-refractivity contribution in [2.24, 2.45) is 0 Å². The van der Waals surface area contributed by atoms with Gasteiger partial charge in [-0.25, -0.2) is 9.78 Å². The van der Waals surface area contributed by atoms with Gasteiger partial charge in [0, 0.05) is 10.7 Å². The first kappa shape index (κ1) is 18.5. The number of benzene rings is 1. The van der Waals surface area contributed by atoms with Crippen LogP contribution in [0.4, 0.5) is 5.82 Å². The second kappa shape index (κ2) is 7.55. The second-order valence-electron chi connectivity index (χ2n) is 5.68. The molecular formula is C18H18ClN3O3S. The molecule has 8 heteroatoms. The maximum atomic E-state index is 12.8. The molecule has 0 radical (unpaired) electrons. The quantitative estimate of drug-likeness (QED) is 0.471. The minimum absolute atomic E-state index is 0.234. The number of hydrogen-bond donors (Lipinski definition) is 2. The molecule has 3 rings (SSSR count). The summed E-state index contributed by atoms with van der Waals surface area (Å²) < 4.78 is 5.23. The van der Waals surface area contributed by atoms with E-state index in [0.29, 0.717) is 38.4 Å². The van der Waals surface area contributed by atoms with E-state index in [1.807, 2.05) is 12.3 Å². The predicted octanol–water partition coefficient (Wildman–Crippen LogP) is 3.54. The number of carbonyl (C=O) groups is 1. The van der Waals surface area contributed by atoms with Crippen molar-refractivity contribution in [3.05, 3.63) is 62.0 Å². The fraction of sp³-hybridized carbons (Fsp3) is 0.278. The number of aromatic amines is 1. The van der Waals surface area contributed by atoms with Crippen LogP contribution in [0, 0.1) is 0 Å². The van der Waals surface area contributed by atoms with E-state index in [1.165, 1.54) is 11.8 Å². The molecule has 0 spiro atoms. The molecule has 1 unspecified atom stereocenters. The third-order valence-corrected chi connectivity index (χ3v) is 5.05. The molecule has 6 nitrogen and oxygen atoms in total. The highest BCUT2D eigenvalue weighted by Gasteiger charge is 2.37. The molecular weight excluding hydrogens is 374 g/mol. The standard InChI is InChI=1S/C18H18ClN3O3S/c1-4-25-17(24)12-9(2)20-15-14(16(23)22-18(21-15)26-3)13(12)10-7-5-6-8-11(10)19/h5-8,13H,4H2,1-3H3,(H2,20,21,22,23). The molecule has 1 aromatic carbocycles.